The third-order valence-electron chi connectivity index (χ3n) is 2.73. The zero-order chi connectivity index (χ0) is 11.8. The summed E-state index contributed by atoms with van der Waals surface area (Å²) in [5, 5.41) is 3.03. The maximum Gasteiger partial charge on any atom is 0.175 e. The van der Waals surface area contributed by atoms with Gasteiger partial charge in [-0.15, -0.1) is 0 Å². The van der Waals surface area contributed by atoms with Crippen molar-refractivity contribution in [2.75, 3.05) is 13.3 Å². The molecule has 0 spiro atoms. The Balaban J connectivity index is 2.38. The SMILES string of the molecule is CNC1CCc2ccc(S(C)(=O)=O)cc2O1. The number of fused-ring (bicyclic) bond motifs is 1. The minimum atomic E-state index is -3.16. The fourth-order valence-corrected chi connectivity index (χ4v) is 2.42. The molecule has 1 aliphatic rings. The Morgan fingerprint density at radius 2 is 2.19 bits per heavy atom. The van der Waals surface area contributed by atoms with Gasteiger partial charge in [0.15, 0.2) is 9.84 Å². The zero-order valence-electron chi connectivity index (χ0n) is 9.36. The van der Waals surface area contributed by atoms with Crippen LogP contribution in [0.3, 0.4) is 0 Å². The zero-order valence-corrected chi connectivity index (χ0v) is 10.2. The lowest BCUT2D eigenvalue weighted by atomic mass is 10.1. The van der Waals surface area contributed by atoms with Gasteiger partial charge in [-0.25, -0.2) is 8.42 Å². The standard InChI is InChI=1S/C11H15NO3S/c1-12-11-6-4-8-3-5-9(16(2,13)14)7-10(8)15-11/h3,5,7,11-12H,4,6H2,1-2H3. The lowest BCUT2D eigenvalue weighted by molar-refractivity contribution is 0.147. The van der Waals surface area contributed by atoms with E-state index in [0.29, 0.717) is 10.6 Å². The summed E-state index contributed by atoms with van der Waals surface area (Å²) in [5.41, 5.74) is 1.07. The first-order valence-electron chi connectivity index (χ1n) is 5.17. The first-order chi connectivity index (χ1) is 7.50. The molecule has 2 rings (SSSR count). The van der Waals surface area contributed by atoms with E-state index < -0.39 is 9.84 Å². The molecular weight excluding hydrogens is 226 g/mol. The van der Waals surface area contributed by atoms with Gasteiger partial charge >= 0.3 is 0 Å². The predicted molar refractivity (Wildman–Crippen MR) is 61.3 cm³/mol. The van der Waals surface area contributed by atoms with Gasteiger partial charge < -0.3 is 4.74 Å². The van der Waals surface area contributed by atoms with Gasteiger partial charge in [-0.1, -0.05) is 6.07 Å². The quantitative estimate of drug-likeness (QED) is 0.838. The van der Waals surface area contributed by atoms with E-state index in [-0.39, 0.29) is 6.23 Å². The van der Waals surface area contributed by atoms with E-state index in [1.54, 1.807) is 12.1 Å². The molecule has 0 saturated carbocycles. The van der Waals surface area contributed by atoms with Gasteiger partial charge in [-0.3, -0.25) is 5.32 Å². The Labute approximate surface area is 95.5 Å². The molecule has 0 bridgehead atoms. The van der Waals surface area contributed by atoms with Crippen LogP contribution in [0.2, 0.25) is 0 Å². The fourth-order valence-electron chi connectivity index (χ4n) is 1.78. The van der Waals surface area contributed by atoms with E-state index >= 15 is 0 Å². The van der Waals surface area contributed by atoms with Crippen molar-refractivity contribution in [3.05, 3.63) is 23.8 Å². The van der Waals surface area contributed by atoms with Crippen molar-refractivity contribution in [1.82, 2.24) is 5.32 Å². The number of sulfone groups is 1. The molecular formula is C11H15NO3S. The largest absolute Gasteiger partial charge is 0.475 e. The maximum absolute atomic E-state index is 11.4. The van der Waals surface area contributed by atoms with Crippen LogP contribution < -0.4 is 10.1 Å². The van der Waals surface area contributed by atoms with Crippen LogP contribution in [0, 0.1) is 0 Å². The topological polar surface area (TPSA) is 55.4 Å². The Hall–Kier alpha value is -1.07. The number of benzene rings is 1. The molecule has 1 aromatic carbocycles. The molecule has 0 radical (unpaired) electrons. The van der Waals surface area contributed by atoms with E-state index in [1.165, 1.54) is 6.26 Å². The van der Waals surface area contributed by atoms with Crippen LogP contribution >= 0.6 is 0 Å². The highest BCUT2D eigenvalue weighted by Gasteiger charge is 2.20. The molecule has 1 atom stereocenters. The van der Waals surface area contributed by atoms with E-state index in [2.05, 4.69) is 5.32 Å². The van der Waals surface area contributed by atoms with E-state index in [4.69, 9.17) is 4.74 Å². The van der Waals surface area contributed by atoms with Gasteiger partial charge in [-0.05, 0) is 31.2 Å². The number of aryl methyl sites for hydroxylation is 1. The summed E-state index contributed by atoms with van der Waals surface area (Å²) in [5.74, 6) is 0.675. The van der Waals surface area contributed by atoms with Gasteiger partial charge in [0.05, 0.1) is 4.90 Å². The van der Waals surface area contributed by atoms with Crippen LogP contribution in [0.5, 0.6) is 5.75 Å². The molecule has 16 heavy (non-hydrogen) atoms. The Morgan fingerprint density at radius 3 is 2.81 bits per heavy atom. The Kier molecular flexibility index (Phi) is 2.90. The van der Waals surface area contributed by atoms with E-state index in [0.717, 1.165) is 18.4 Å². The van der Waals surface area contributed by atoms with Crippen LogP contribution in [-0.2, 0) is 16.3 Å². The first-order valence-corrected chi connectivity index (χ1v) is 7.07. The van der Waals surface area contributed by atoms with Crippen molar-refractivity contribution >= 4 is 9.84 Å². The minimum Gasteiger partial charge on any atom is -0.475 e. The molecule has 1 N–H and O–H groups in total. The molecule has 1 heterocycles. The molecule has 0 amide bonds. The summed E-state index contributed by atoms with van der Waals surface area (Å²) in [7, 11) is -1.33. The molecule has 88 valence electrons. The van der Waals surface area contributed by atoms with Gasteiger partial charge in [0.25, 0.3) is 0 Å². The second kappa shape index (κ2) is 4.07. The van der Waals surface area contributed by atoms with Crippen LogP contribution in [0.15, 0.2) is 23.1 Å². The van der Waals surface area contributed by atoms with Crippen molar-refractivity contribution in [2.24, 2.45) is 0 Å². The number of rotatable bonds is 2. The molecule has 4 nitrogen and oxygen atoms in total. The first kappa shape index (κ1) is 11.4. The second-order valence-electron chi connectivity index (χ2n) is 3.98. The van der Waals surface area contributed by atoms with Crippen molar-refractivity contribution in [2.45, 2.75) is 24.0 Å². The Morgan fingerprint density at radius 1 is 1.44 bits per heavy atom. The highest BCUT2D eigenvalue weighted by Crippen LogP contribution is 2.29. The number of hydrogen-bond donors (Lipinski definition) is 1. The third kappa shape index (κ3) is 2.20. The smallest absolute Gasteiger partial charge is 0.175 e. The summed E-state index contributed by atoms with van der Waals surface area (Å²) in [6.45, 7) is 0. The molecule has 1 aliphatic heterocycles. The highest BCUT2D eigenvalue weighted by molar-refractivity contribution is 7.90. The van der Waals surface area contributed by atoms with E-state index in [1.807, 2.05) is 13.1 Å². The average molecular weight is 241 g/mol. The van der Waals surface area contributed by atoms with Gasteiger partial charge in [0, 0.05) is 12.7 Å². The van der Waals surface area contributed by atoms with Crippen molar-refractivity contribution in [3.63, 3.8) is 0 Å². The average Bonchev–Trinajstić information content (AvgIpc) is 2.26. The second-order valence-corrected chi connectivity index (χ2v) is 5.99. The van der Waals surface area contributed by atoms with Crippen molar-refractivity contribution in [3.8, 4) is 5.75 Å². The summed E-state index contributed by atoms with van der Waals surface area (Å²) in [6.07, 6.45) is 2.99. The highest BCUT2D eigenvalue weighted by atomic mass is 32.2. The Bertz CT molecular complexity index is 496. The molecule has 0 saturated heterocycles. The number of nitrogens with one attached hydrogen (secondary N) is 1. The third-order valence-corrected chi connectivity index (χ3v) is 3.84. The van der Waals surface area contributed by atoms with Crippen molar-refractivity contribution < 1.29 is 13.2 Å². The molecule has 5 heteroatoms. The molecule has 0 aromatic heterocycles. The van der Waals surface area contributed by atoms with Gasteiger partial charge in [0.1, 0.15) is 12.0 Å². The van der Waals surface area contributed by atoms with Crippen LogP contribution in [0.25, 0.3) is 0 Å². The lowest BCUT2D eigenvalue weighted by Crippen LogP contribution is -2.34. The van der Waals surface area contributed by atoms with Crippen LogP contribution in [-0.4, -0.2) is 27.9 Å². The monoisotopic (exact) mass is 241 g/mol. The summed E-state index contributed by atoms with van der Waals surface area (Å²) >= 11 is 0. The van der Waals surface area contributed by atoms with Gasteiger partial charge in [-0.2, -0.15) is 0 Å². The lowest BCUT2D eigenvalue weighted by Gasteiger charge is -2.25. The van der Waals surface area contributed by atoms with E-state index in [9.17, 15) is 8.42 Å². The normalized spacial score (nSPS) is 20.0. The summed E-state index contributed by atoms with van der Waals surface area (Å²) < 4.78 is 28.4. The maximum atomic E-state index is 11.4. The molecule has 0 fully saturated rings. The molecule has 1 unspecified atom stereocenters. The molecule has 0 aliphatic carbocycles. The summed E-state index contributed by atoms with van der Waals surface area (Å²) in [6, 6.07) is 5.07. The molecule has 1 aromatic rings. The van der Waals surface area contributed by atoms with Crippen LogP contribution in [0.1, 0.15) is 12.0 Å². The summed E-state index contributed by atoms with van der Waals surface area (Å²) in [4.78, 5) is 0.308. The predicted octanol–water partition coefficient (Wildman–Crippen LogP) is 0.961. The fraction of sp³-hybridized carbons (Fsp3) is 0.455. The minimum absolute atomic E-state index is 0.0256. The van der Waals surface area contributed by atoms with Crippen LogP contribution in [0.4, 0.5) is 0 Å². The number of ether oxygens (including phenoxy) is 1. The van der Waals surface area contributed by atoms with Gasteiger partial charge in [0.2, 0.25) is 0 Å². The number of hydrogen-bond acceptors (Lipinski definition) is 4. The van der Waals surface area contributed by atoms with Crippen molar-refractivity contribution in [1.29, 1.82) is 0 Å².